The first-order chi connectivity index (χ1) is 9.15. The van der Waals surface area contributed by atoms with Crippen molar-refractivity contribution in [2.45, 2.75) is 32.3 Å². The fraction of sp³-hybridized carbons (Fsp3) is 0.500. The van der Waals surface area contributed by atoms with E-state index in [-0.39, 0.29) is 12.1 Å². The third-order valence-electron chi connectivity index (χ3n) is 2.96. The van der Waals surface area contributed by atoms with Crippen LogP contribution in [0, 0.1) is 3.57 Å². The number of rotatable bonds is 5. The molecule has 0 radical (unpaired) electrons. The third kappa shape index (κ3) is 3.32. The SMILES string of the molecule is CCCOc1c(I)cc([C@@H]2CCC(=O)O2)cc1OC. The van der Waals surface area contributed by atoms with Gasteiger partial charge < -0.3 is 14.2 Å². The molecule has 4 nitrogen and oxygen atoms in total. The fourth-order valence-corrected chi connectivity index (χ4v) is 2.81. The number of carbonyl (C=O) groups is 1. The van der Waals surface area contributed by atoms with Gasteiger partial charge in [0, 0.05) is 6.42 Å². The molecule has 1 aliphatic heterocycles. The minimum atomic E-state index is -0.157. The normalized spacial score (nSPS) is 18.3. The van der Waals surface area contributed by atoms with Crippen molar-refractivity contribution in [2.75, 3.05) is 13.7 Å². The van der Waals surface area contributed by atoms with Crippen molar-refractivity contribution in [3.63, 3.8) is 0 Å². The Bertz CT molecular complexity index is 473. The number of hydrogen-bond acceptors (Lipinski definition) is 4. The lowest BCUT2D eigenvalue weighted by Crippen LogP contribution is -2.04. The number of halogens is 1. The number of cyclic esters (lactones) is 1. The molecule has 1 aromatic carbocycles. The average Bonchev–Trinajstić information content (AvgIpc) is 2.83. The summed E-state index contributed by atoms with van der Waals surface area (Å²) in [5.41, 5.74) is 0.968. The van der Waals surface area contributed by atoms with Gasteiger partial charge in [-0.3, -0.25) is 4.79 Å². The van der Waals surface area contributed by atoms with Gasteiger partial charge in [-0.1, -0.05) is 6.92 Å². The van der Waals surface area contributed by atoms with Crippen LogP contribution < -0.4 is 9.47 Å². The minimum Gasteiger partial charge on any atom is -0.493 e. The Morgan fingerprint density at radius 3 is 2.84 bits per heavy atom. The van der Waals surface area contributed by atoms with Crippen molar-refractivity contribution >= 4 is 28.6 Å². The summed E-state index contributed by atoms with van der Waals surface area (Å²) in [5, 5.41) is 0. The van der Waals surface area contributed by atoms with Crippen LogP contribution in [0.2, 0.25) is 0 Å². The van der Waals surface area contributed by atoms with Gasteiger partial charge in [-0.15, -0.1) is 0 Å². The van der Waals surface area contributed by atoms with Gasteiger partial charge in [-0.2, -0.15) is 0 Å². The van der Waals surface area contributed by atoms with E-state index in [1.807, 2.05) is 12.1 Å². The second kappa shape index (κ2) is 6.45. The lowest BCUT2D eigenvalue weighted by atomic mass is 10.1. The van der Waals surface area contributed by atoms with Crippen molar-refractivity contribution in [1.29, 1.82) is 0 Å². The van der Waals surface area contributed by atoms with Crippen LogP contribution in [0.25, 0.3) is 0 Å². The highest BCUT2D eigenvalue weighted by Crippen LogP contribution is 2.39. The molecular weight excluding hydrogens is 359 g/mol. The molecule has 0 aliphatic carbocycles. The van der Waals surface area contributed by atoms with Crippen molar-refractivity contribution in [1.82, 2.24) is 0 Å². The lowest BCUT2D eigenvalue weighted by Gasteiger charge is -2.16. The summed E-state index contributed by atoms with van der Waals surface area (Å²) < 4.78 is 17.3. The quantitative estimate of drug-likeness (QED) is 0.583. The smallest absolute Gasteiger partial charge is 0.306 e. The molecule has 0 spiro atoms. The van der Waals surface area contributed by atoms with E-state index in [1.165, 1.54) is 0 Å². The lowest BCUT2D eigenvalue weighted by molar-refractivity contribution is -0.141. The van der Waals surface area contributed by atoms with Gasteiger partial charge in [0.15, 0.2) is 11.5 Å². The predicted octanol–water partition coefficient (Wildman–Crippen LogP) is 3.47. The van der Waals surface area contributed by atoms with Gasteiger partial charge in [0.2, 0.25) is 0 Å². The van der Waals surface area contributed by atoms with E-state index < -0.39 is 0 Å². The topological polar surface area (TPSA) is 44.8 Å². The Morgan fingerprint density at radius 1 is 1.47 bits per heavy atom. The molecule has 0 amide bonds. The molecular formula is C14H17IO4. The van der Waals surface area contributed by atoms with Crippen molar-refractivity contribution in [3.05, 3.63) is 21.3 Å². The zero-order valence-electron chi connectivity index (χ0n) is 11.1. The second-order valence-electron chi connectivity index (χ2n) is 4.40. The first kappa shape index (κ1) is 14.4. The number of carbonyl (C=O) groups excluding carboxylic acids is 1. The van der Waals surface area contributed by atoms with Crippen molar-refractivity contribution < 1.29 is 19.0 Å². The van der Waals surface area contributed by atoms with Crippen molar-refractivity contribution in [3.8, 4) is 11.5 Å². The summed E-state index contributed by atoms with van der Waals surface area (Å²) in [6, 6.07) is 3.90. The van der Waals surface area contributed by atoms with Crippen LogP contribution in [-0.4, -0.2) is 19.7 Å². The summed E-state index contributed by atoms with van der Waals surface area (Å²) in [6.45, 7) is 2.72. The van der Waals surface area contributed by atoms with Gasteiger partial charge in [-0.05, 0) is 53.1 Å². The Morgan fingerprint density at radius 2 is 2.26 bits per heavy atom. The van der Waals surface area contributed by atoms with Crippen LogP contribution in [0.1, 0.15) is 37.9 Å². The number of methoxy groups -OCH3 is 1. The molecule has 0 saturated carbocycles. The molecule has 1 aliphatic rings. The van der Waals surface area contributed by atoms with Crippen molar-refractivity contribution in [2.24, 2.45) is 0 Å². The summed E-state index contributed by atoms with van der Waals surface area (Å²) in [5.74, 6) is 1.32. The summed E-state index contributed by atoms with van der Waals surface area (Å²) in [7, 11) is 1.62. The van der Waals surface area contributed by atoms with E-state index >= 15 is 0 Å². The molecule has 19 heavy (non-hydrogen) atoms. The Balaban J connectivity index is 2.27. The summed E-state index contributed by atoms with van der Waals surface area (Å²) >= 11 is 2.22. The van der Waals surface area contributed by atoms with Gasteiger partial charge in [0.1, 0.15) is 6.10 Å². The maximum atomic E-state index is 11.2. The van der Waals surface area contributed by atoms with Gasteiger partial charge in [0.25, 0.3) is 0 Å². The first-order valence-electron chi connectivity index (χ1n) is 6.35. The van der Waals surface area contributed by atoms with Gasteiger partial charge in [-0.25, -0.2) is 0 Å². The Hall–Kier alpha value is -0.980. The maximum absolute atomic E-state index is 11.2. The summed E-state index contributed by atoms with van der Waals surface area (Å²) in [4.78, 5) is 11.2. The van der Waals surface area contributed by atoms with Crippen LogP contribution in [0.4, 0.5) is 0 Å². The zero-order valence-corrected chi connectivity index (χ0v) is 13.2. The summed E-state index contributed by atoms with van der Waals surface area (Å²) in [6.07, 6.45) is 2.00. The first-order valence-corrected chi connectivity index (χ1v) is 7.43. The predicted molar refractivity (Wildman–Crippen MR) is 79.6 cm³/mol. The number of benzene rings is 1. The standard InChI is InChI=1S/C14H17IO4/c1-3-6-18-14-10(15)7-9(8-12(14)17-2)11-4-5-13(16)19-11/h7-8,11H,3-6H2,1-2H3/t11-/m0/s1. The molecule has 1 fully saturated rings. The zero-order chi connectivity index (χ0) is 13.8. The molecule has 0 N–H and O–H groups in total. The van der Waals surface area contributed by atoms with E-state index in [9.17, 15) is 4.79 Å². The third-order valence-corrected chi connectivity index (χ3v) is 3.76. The molecule has 1 heterocycles. The number of ether oxygens (including phenoxy) is 3. The van der Waals surface area contributed by atoms with E-state index in [0.717, 1.165) is 27.7 Å². The van der Waals surface area contributed by atoms with E-state index in [0.29, 0.717) is 18.8 Å². The molecule has 5 heteroatoms. The second-order valence-corrected chi connectivity index (χ2v) is 5.56. The molecule has 104 valence electrons. The molecule has 0 aromatic heterocycles. The van der Waals surface area contributed by atoms with Crippen LogP contribution >= 0.6 is 22.6 Å². The Labute approximate surface area is 126 Å². The largest absolute Gasteiger partial charge is 0.493 e. The molecule has 1 aromatic rings. The average molecular weight is 376 g/mol. The van der Waals surface area contributed by atoms with E-state index in [1.54, 1.807) is 7.11 Å². The van der Waals surface area contributed by atoms with E-state index in [2.05, 4.69) is 29.5 Å². The Kier molecular flexibility index (Phi) is 4.90. The highest BCUT2D eigenvalue weighted by molar-refractivity contribution is 14.1. The van der Waals surface area contributed by atoms with Crippen LogP contribution in [0.3, 0.4) is 0 Å². The van der Waals surface area contributed by atoms with Crippen LogP contribution in [-0.2, 0) is 9.53 Å². The molecule has 1 saturated heterocycles. The highest BCUT2D eigenvalue weighted by atomic mass is 127. The molecule has 0 bridgehead atoms. The molecule has 1 atom stereocenters. The number of hydrogen-bond donors (Lipinski definition) is 0. The maximum Gasteiger partial charge on any atom is 0.306 e. The highest BCUT2D eigenvalue weighted by Gasteiger charge is 2.26. The fourth-order valence-electron chi connectivity index (χ4n) is 2.03. The number of esters is 1. The van der Waals surface area contributed by atoms with Gasteiger partial charge in [0.05, 0.1) is 17.3 Å². The monoisotopic (exact) mass is 376 g/mol. The van der Waals surface area contributed by atoms with Crippen LogP contribution in [0.15, 0.2) is 12.1 Å². The molecule has 2 rings (SSSR count). The van der Waals surface area contributed by atoms with E-state index in [4.69, 9.17) is 14.2 Å². The van der Waals surface area contributed by atoms with Crippen LogP contribution in [0.5, 0.6) is 11.5 Å². The molecule has 0 unspecified atom stereocenters. The minimum absolute atomic E-state index is 0.134. The van der Waals surface area contributed by atoms with Gasteiger partial charge >= 0.3 is 5.97 Å².